The summed E-state index contributed by atoms with van der Waals surface area (Å²) < 4.78 is 68.3. The third-order valence-electron chi connectivity index (χ3n) is 17.8. The molecular weight excluding hydrogens is 1230 g/mol. The van der Waals surface area contributed by atoms with Gasteiger partial charge in [-0.15, -0.1) is 0 Å². The number of aliphatic hydroxyl groups is 1. The fraction of sp³-hybridized carbons (Fsp3) is 0.947. The van der Waals surface area contributed by atoms with Gasteiger partial charge < -0.3 is 33.8 Å². The summed E-state index contributed by atoms with van der Waals surface area (Å²) >= 11 is 0. The number of ether oxygens (including phenoxy) is 4. The molecule has 19 heteroatoms. The van der Waals surface area contributed by atoms with Crippen molar-refractivity contribution in [3.05, 3.63) is 0 Å². The van der Waals surface area contributed by atoms with E-state index in [1.807, 2.05) is 0 Å². The first-order chi connectivity index (χ1) is 45.4. The molecule has 0 fully saturated rings. The second-order valence-corrected chi connectivity index (χ2v) is 30.7. The van der Waals surface area contributed by atoms with Gasteiger partial charge in [-0.1, -0.05) is 337 Å². The van der Waals surface area contributed by atoms with Crippen LogP contribution in [0.4, 0.5) is 0 Å². The van der Waals surface area contributed by atoms with Crippen LogP contribution in [0.25, 0.3) is 0 Å². The Morgan fingerprint density at radius 1 is 0.309 bits per heavy atom. The van der Waals surface area contributed by atoms with Crippen molar-refractivity contribution < 1.29 is 80.2 Å². The zero-order chi connectivity index (χ0) is 69.3. The summed E-state index contributed by atoms with van der Waals surface area (Å²) in [4.78, 5) is 72.5. The highest BCUT2D eigenvalue weighted by Gasteiger charge is 2.30. The summed E-state index contributed by atoms with van der Waals surface area (Å²) in [5.74, 6) is -0.522. The molecule has 0 aromatic heterocycles. The number of phosphoric acid groups is 2. The van der Waals surface area contributed by atoms with Gasteiger partial charge in [0.1, 0.15) is 19.3 Å². The first-order valence-corrected chi connectivity index (χ1v) is 42.0. The lowest BCUT2D eigenvalue weighted by Gasteiger charge is -2.21. The van der Waals surface area contributed by atoms with Crippen molar-refractivity contribution >= 4 is 39.5 Å². The van der Waals surface area contributed by atoms with Crippen LogP contribution >= 0.6 is 15.6 Å². The lowest BCUT2D eigenvalue weighted by molar-refractivity contribution is -0.161. The van der Waals surface area contributed by atoms with Crippen molar-refractivity contribution in [3.8, 4) is 0 Å². The van der Waals surface area contributed by atoms with Gasteiger partial charge in [-0.3, -0.25) is 37.3 Å². The van der Waals surface area contributed by atoms with Crippen LogP contribution in [0.5, 0.6) is 0 Å². The van der Waals surface area contributed by atoms with Gasteiger partial charge in [0.15, 0.2) is 12.2 Å². The third-order valence-corrected chi connectivity index (χ3v) is 19.7. The van der Waals surface area contributed by atoms with Gasteiger partial charge in [-0.2, -0.15) is 0 Å². The fourth-order valence-electron chi connectivity index (χ4n) is 11.4. The summed E-state index contributed by atoms with van der Waals surface area (Å²) in [6.45, 7) is 9.55. The minimum absolute atomic E-state index is 0.105. The second-order valence-electron chi connectivity index (χ2n) is 27.8. The molecule has 0 aliphatic rings. The molecular formula is C75H146O17P2. The first kappa shape index (κ1) is 92.1. The Labute approximate surface area is 575 Å². The van der Waals surface area contributed by atoms with Crippen LogP contribution < -0.4 is 0 Å². The van der Waals surface area contributed by atoms with Crippen LogP contribution in [0.2, 0.25) is 0 Å². The van der Waals surface area contributed by atoms with Crippen molar-refractivity contribution in [3.63, 3.8) is 0 Å². The van der Waals surface area contributed by atoms with Crippen LogP contribution in [0.15, 0.2) is 0 Å². The Hall–Kier alpha value is -1.94. The Balaban J connectivity index is 5.15. The molecule has 0 spiro atoms. The Bertz CT molecular complexity index is 1820. The first-order valence-electron chi connectivity index (χ1n) is 39.0. The standard InChI is InChI=1S/C75H146O17P2/c1-7-10-12-14-15-16-17-18-19-20-23-26-29-35-40-46-52-58-73(78)86-64-71(92-75(80)59-53-47-41-36-30-27-24-21-22-25-28-33-38-44-49-55-67(4)5)66-90-94(83,84)88-62-69(76)61-87-93(81,82)89-65-70(63-85-72(77)57-51-43-13-11-8-2)91-74(79)60-54-48-42-37-32-31-34-39-45-50-56-68(6)9-3/h67-71,76H,7-66H2,1-6H3,(H,81,82)(H,83,84)/t68?,69-,70+,71+/m0/s1. The molecule has 0 amide bonds. The molecule has 3 N–H and O–H groups in total. The topological polar surface area (TPSA) is 237 Å². The Kier molecular flexibility index (Phi) is 65.5. The van der Waals surface area contributed by atoms with Crippen LogP contribution in [-0.2, 0) is 65.4 Å². The van der Waals surface area contributed by atoms with E-state index in [1.165, 1.54) is 199 Å². The maximum Gasteiger partial charge on any atom is 0.472 e. The van der Waals surface area contributed by atoms with E-state index in [0.29, 0.717) is 25.7 Å². The van der Waals surface area contributed by atoms with Gasteiger partial charge >= 0.3 is 39.5 Å². The molecule has 558 valence electrons. The maximum atomic E-state index is 13.1. The number of carbonyl (C=O) groups is 4. The highest BCUT2D eigenvalue weighted by atomic mass is 31.2. The maximum absolute atomic E-state index is 13.1. The number of carbonyl (C=O) groups excluding carboxylic acids is 4. The zero-order valence-electron chi connectivity index (χ0n) is 61.3. The molecule has 0 aromatic rings. The summed E-state index contributed by atoms with van der Waals surface area (Å²) in [5, 5.41) is 10.6. The van der Waals surface area contributed by atoms with E-state index in [4.69, 9.17) is 37.0 Å². The van der Waals surface area contributed by atoms with E-state index < -0.39 is 97.5 Å². The van der Waals surface area contributed by atoms with Gasteiger partial charge in [-0.05, 0) is 37.5 Å². The van der Waals surface area contributed by atoms with Crippen molar-refractivity contribution in [1.82, 2.24) is 0 Å². The van der Waals surface area contributed by atoms with Gasteiger partial charge in [0.2, 0.25) is 0 Å². The summed E-state index contributed by atoms with van der Waals surface area (Å²) in [7, 11) is -9.90. The van der Waals surface area contributed by atoms with Crippen LogP contribution in [0, 0.1) is 11.8 Å². The van der Waals surface area contributed by atoms with Crippen LogP contribution in [0.1, 0.15) is 388 Å². The molecule has 0 rings (SSSR count). The van der Waals surface area contributed by atoms with Crippen molar-refractivity contribution in [2.45, 2.75) is 407 Å². The van der Waals surface area contributed by atoms with Gasteiger partial charge in [0.05, 0.1) is 26.4 Å². The molecule has 0 saturated carbocycles. The average Bonchev–Trinajstić information content (AvgIpc) is 1.47. The Morgan fingerprint density at radius 3 is 0.809 bits per heavy atom. The van der Waals surface area contributed by atoms with E-state index in [1.54, 1.807) is 0 Å². The number of phosphoric ester groups is 2. The zero-order valence-corrected chi connectivity index (χ0v) is 63.1. The average molecular weight is 1380 g/mol. The second kappa shape index (κ2) is 66.9. The third kappa shape index (κ3) is 67.3. The van der Waals surface area contributed by atoms with Crippen LogP contribution in [-0.4, -0.2) is 96.7 Å². The monoisotopic (exact) mass is 1380 g/mol. The SMILES string of the molecule is CCCCCCCCCCCCCCCCCCCC(=O)OC[C@H](COP(=O)(O)OC[C@@H](O)COP(=O)(O)OC[C@@H](COC(=O)CCCCCCC)OC(=O)CCCCCCCCCCCCC(C)CC)OC(=O)CCCCCCCCCCCCCCCCCC(C)C. The molecule has 17 nitrogen and oxygen atoms in total. The number of aliphatic hydroxyl groups excluding tert-OH is 1. The van der Waals surface area contributed by atoms with Gasteiger partial charge in [-0.25, -0.2) is 9.13 Å². The quantitative estimate of drug-likeness (QED) is 0.0222. The highest BCUT2D eigenvalue weighted by molar-refractivity contribution is 7.47. The lowest BCUT2D eigenvalue weighted by Crippen LogP contribution is -2.30. The van der Waals surface area contributed by atoms with Gasteiger partial charge in [0.25, 0.3) is 0 Å². The molecule has 0 aliphatic heterocycles. The summed E-state index contributed by atoms with van der Waals surface area (Å²) in [6, 6.07) is 0. The minimum atomic E-state index is -4.95. The molecule has 0 aromatic carbocycles. The minimum Gasteiger partial charge on any atom is -0.462 e. The molecule has 0 heterocycles. The molecule has 0 aliphatic carbocycles. The largest absolute Gasteiger partial charge is 0.472 e. The number of rotatable bonds is 74. The summed E-state index contributed by atoms with van der Waals surface area (Å²) in [6.07, 6.45) is 54.4. The molecule has 0 saturated heterocycles. The molecule has 3 unspecified atom stereocenters. The smallest absolute Gasteiger partial charge is 0.462 e. The predicted octanol–water partition coefficient (Wildman–Crippen LogP) is 21.9. The highest BCUT2D eigenvalue weighted by Crippen LogP contribution is 2.45. The number of hydrogen-bond donors (Lipinski definition) is 3. The molecule has 94 heavy (non-hydrogen) atoms. The van der Waals surface area contributed by atoms with E-state index in [2.05, 4.69) is 41.5 Å². The lowest BCUT2D eigenvalue weighted by atomic mass is 9.99. The number of esters is 4. The summed E-state index contributed by atoms with van der Waals surface area (Å²) in [5.41, 5.74) is 0. The van der Waals surface area contributed by atoms with Crippen molar-refractivity contribution in [2.75, 3.05) is 39.6 Å². The van der Waals surface area contributed by atoms with Crippen molar-refractivity contribution in [1.29, 1.82) is 0 Å². The normalized spacial score (nSPS) is 14.3. The van der Waals surface area contributed by atoms with E-state index in [-0.39, 0.29) is 25.7 Å². The van der Waals surface area contributed by atoms with E-state index in [9.17, 15) is 43.2 Å². The van der Waals surface area contributed by atoms with Crippen molar-refractivity contribution in [2.24, 2.45) is 11.8 Å². The van der Waals surface area contributed by atoms with E-state index >= 15 is 0 Å². The molecule has 0 radical (unpaired) electrons. The van der Waals surface area contributed by atoms with Crippen LogP contribution in [0.3, 0.4) is 0 Å². The number of hydrogen-bond acceptors (Lipinski definition) is 15. The predicted molar refractivity (Wildman–Crippen MR) is 381 cm³/mol. The van der Waals surface area contributed by atoms with Gasteiger partial charge in [0, 0.05) is 25.7 Å². The number of unbranched alkanes of at least 4 members (excludes halogenated alkanes) is 43. The fourth-order valence-corrected chi connectivity index (χ4v) is 13.0. The van der Waals surface area contributed by atoms with E-state index in [0.717, 1.165) is 108 Å². The molecule has 0 bridgehead atoms. The molecule has 6 atom stereocenters. The Morgan fingerprint density at radius 2 is 0.543 bits per heavy atom.